The first-order chi connectivity index (χ1) is 9.39. The normalized spacial score (nSPS) is 20.1. The van der Waals surface area contributed by atoms with Gasteiger partial charge in [-0.2, -0.15) is 5.26 Å². The number of hydrogen-bond acceptors (Lipinski definition) is 2. The molecule has 0 aromatic heterocycles. The Hall–Kier alpha value is -1.33. The highest BCUT2D eigenvalue weighted by atomic mass is 16.3. The summed E-state index contributed by atoms with van der Waals surface area (Å²) in [5, 5.41) is 20.2. The van der Waals surface area contributed by atoms with Crippen LogP contribution in [0.15, 0.2) is 24.3 Å². The monoisotopic (exact) mass is 271 g/mol. The summed E-state index contributed by atoms with van der Waals surface area (Å²) in [6.07, 6.45) is 4.23. The lowest BCUT2D eigenvalue weighted by atomic mass is 9.69. The van der Waals surface area contributed by atoms with Gasteiger partial charge in [0, 0.05) is 0 Å². The van der Waals surface area contributed by atoms with Crippen molar-refractivity contribution in [1.82, 2.24) is 0 Å². The van der Waals surface area contributed by atoms with E-state index in [0.29, 0.717) is 0 Å². The summed E-state index contributed by atoms with van der Waals surface area (Å²) in [5.41, 5.74) is 1.66. The maximum absolute atomic E-state index is 10.7. The molecule has 0 saturated heterocycles. The van der Waals surface area contributed by atoms with Crippen LogP contribution in [0.1, 0.15) is 70.1 Å². The summed E-state index contributed by atoms with van der Waals surface area (Å²) >= 11 is 0. The highest BCUT2D eigenvalue weighted by molar-refractivity contribution is 5.30. The Kier molecular flexibility index (Phi) is 4.20. The molecule has 1 aliphatic carbocycles. The minimum Gasteiger partial charge on any atom is -0.387 e. The molecule has 1 aromatic carbocycles. The van der Waals surface area contributed by atoms with E-state index in [1.54, 1.807) is 0 Å². The Labute approximate surface area is 122 Å². The highest BCUT2D eigenvalue weighted by Gasteiger charge is 2.40. The average Bonchev–Trinajstić information content (AvgIpc) is 2.46. The molecule has 1 N–H and O–H groups in total. The molecule has 1 saturated carbocycles. The van der Waals surface area contributed by atoms with E-state index in [1.807, 2.05) is 12.1 Å². The molecular weight excluding hydrogens is 246 g/mol. The summed E-state index contributed by atoms with van der Waals surface area (Å²) < 4.78 is 0. The van der Waals surface area contributed by atoms with Gasteiger partial charge in [-0.1, -0.05) is 64.3 Å². The van der Waals surface area contributed by atoms with Crippen molar-refractivity contribution in [3.8, 4) is 6.07 Å². The Morgan fingerprint density at radius 2 is 1.65 bits per heavy atom. The summed E-state index contributed by atoms with van der Waals surface area (Å²) in [7, 11) is 0. The van der Waals surface area contributed by atoms with Crippen LogP contribution in [0.5, 0.6) is 0 Å². The molecule has 2 heteroatoms. The minimum absolute atomic E-state index is 0.112. The van der Waals surface area contributed by atoms with Crippen molar-refractivity contribution in [1.29, 1.82) is 5.26 Å². The van der Waals surface area contributed by atoms with Crippen LogP contribution in [0.2, 0.25) is 0 Å². The van der Waals surface area contributed by atoms with Gasteiger partial charge < -0.3 is 5.11 Å². The molecule has 1 fully saturated rings. The lowest BCUT2D eigenvalue weighted by molar-refractivity contribution is 0.0359. The standard InChI is InChI=1S/C18H25NO/c1-17(2,3)15-9-7-14(8-10-15)16(20)18(13-19)11-5-4-6-12-18/h7-10,16,20H,4-6,11-12H2,1-3H3. The van der Waals surface area contributed by atoms with Gasteiger partial charge in [-0.3, -0.25) is 0 Å². The Morgan fingerprint density at radius 1 is 1.10 bits per heavy atom. The van der Waals surface area contributed by atoms with Crippen molar-refractivity contribution in [2.45, 2.75) is 64.4 Å². The smallest absolute Gasteiger partial charge is 0.0976 e. The number of rotatable bonds is 2. The van der Waals surface area contributed by atoms with Gasteiger partial charge in [-0.05, 0) is 29.4 Å². The topological polar surface area (TPSA) is 44.0 Å². The third-order valence-electron chi connectivity index (χ3n) is 4.58. The molecule has 0 amide bonds. The van der Waals surface area contributed by atoms with Gasteiger partial charge in [0.05, 0.1) is 17.6 Å². The van der Waals surface area contributed by atoms with Gasteiger partial charge in [-0.25, -0.2) is 0 Å². The SMILES string of the molecule is CC(C)(C)c1ccc(C(O)C2(C#N)CCCCC2)cc1. The molecule has 1 aromatic rings. The molecular formula is C18H25NO. The van der Waals surface area contributed by atoms with Gasteiger partial charge in [0.1, 0.15) is 0 Å². The first-order valence-electron chi connectivity index (χ1n) is 7.59. The largest absolute Gasteiger partial charge is 0.387 e. The summed E-state index contributed by atoms with van der Waals surface area (Å²) in [5.74, 6) is 0. The molecule has 108 valence electrons. The van der Waals surface area contributed by atoms with E-state index in [0.717, 1.165) is 31.2 Å². The van der Waals surface area contributed by atoms with E-state index < -0.39 is 11.5 Å². The van der Waals surface area contributed by atoms with E-state index in [-0.39, 0.29) is 5.41 Å². The fourth-order valence-electron chi connectivity index (χ4n) is 3.11. The van der Waals surface area contributed by atoms with Crippen LogP contribution in [-0.2, 0) is 5.41 Å². The van der Waals surface area contributed by atoms with Crippen LogP contribution in [0.25, 0.3) is 0 Å². The van der Waals surface area contributed by atoms with Crippen LogP contribution in [0.3, 0.4) is 0 Å². The highest BCUT2D eigenvalue weighted by Crippen LogP contribution is 2.45. The zero-order valence-corrected chi connectivity index (χ0v) is 12.8. The van der Waals surface area contributed by atoms with Crippen LogP contribution >= 0.6 is 0 Å². The lowest BCUT2D eigenvalue weighted by Crippen LogP contribution is -2.30. The average molecular weight is 271 g/mol. The third-order valence-corrected chi connectivity index (χ3v) is 4.58. The molecule has 1 unspecified atom stereocenters. The zero-order chi connectivity index (χ0) is 14.8. The lowest BCUT2D eigenvalue weighted by Gasteiger charge is -2.35. The number of aliphatic hydroxyl groups excluding tert-OH is 1. The molecule has 2 rings (SSSR count). The Balaban J connectivity index is 2.24. The van der Waals surface area contributed by atoms with Gasteiger partial charge in [0.15, 0.2) is 0 Å². The maximum Gasteiger partial charge on any atom is 0.0976 e. The second kappa shape index (κ2) is 5.58. The van der Waals surface area contributed by atoms with E-state index in [9.17, 15) is 10.4 Å². The van der Waals surface area contributed by atoms with Crippen molar-refractivity contribution in [3.63, 3.8) is 0 Å². The van der Waals surface area contributed by atoms with Crippen molar-refractivity contribution < 1.29 is 5.11 Å². The molecule has 0 spiro atoms. The zero-order valence-electron chi connectivity index (χ0n) is 12.8. The van der Waals surface area contributed by atoms with Gasteiger partial charge >= 0.3 is 0 Å². The number of aliphatic hydroxyl groups is 1. The van der Waals surface area contributed by atoms with E-state index in [2.05, 4.69) is 39.0 Å². The quantitative estimate of drug-likeness (QED) is 0.861. The number of nitriles is 1. The maximum atomic E-state index is 10.7. The van der Waals surface area contributed by atoms with Gasteiger partial charge in [0.2, 0.25) is 0 Å². The summed E-state index contributed by atoms with van der Waals surface area (Å²) in [6.45, 7) is 6.53. The number of nitrogens with zero attached hydrogens (tertiary/aromatic N) is 1. The molecule has 1 atom stereocenters. The predicted octanol–water partition coefficient (Wildman–Crippen LogP) is 4.49. The first kappa shape index (κ1) is 15.1. The minimum atomic E-state index is -0.665. The van der Waals surface area contributed by atoms with Crippen LogP contribution < -0.4 is 0 Å². The molecule has 0 radical (unpaired) electrons. The van der Waals surface area contributed by atoms with Crippen molar-refractivity contribution in [2.75, 3.05) is 0 Å². The second-order valence-corrected chi connectivity index (χ2v) is 7.10. The summed E-state index contributed by atoms with van der Waals surface area (Å²) in [6, 6.07) is 10.5. The Morgan fingerprint density at radius 3 is 2.10 bits per heavy atom. The van der Waals surface area contributed by atoms with Crippen molar-refractivity contribution in [3.05, 3.63) is 35.4 Å². The molecule has 2 nitrogen and oxygen atoms in total. The van der Waals surface area contributed by atoms with Crippen molar-refractivity contribution >= 4 is 0 Å². The predicted molar refractivity (Wildman–Crippen MR) is 81.2 cm³/mol. The molecule has 1 aliphatic rings. The number of benzene rings is 1. The van der Waals surface area contributed by atoms with E-state index in [4.69, 9.17) is 0 Å². The first-order valence-corrected chi connectivity index (χ1v) is 7.59. The molecule has 0 bridgehead atoms. The van der Waals surface area contributed by atoms with E-state index >= 15 is 0 Å². The van der Waals surface area contributed by atoms with Crippen LogP contribution in [0, 0.1) is 16.7 Å². The van der Waals surface area contributed by atoms with Crippen LogP contribution in [-0.4, -0.2) is 5.11 Å². The van der Waals surface area contributed by atoms with E-state index in [1.165, 1.54) is 12.0 Å². The van der Waals surface area contributed by atoms with Gasteiger partial charge in [-0.15, -0.1) is 0 Å². The third kappa shape index (κ3) is 2.88. The van der Waals surface area contributed by atoms with Crippen LogP contribution in [0.4, 0.5) is 0 Å². The summed E-state index contributed by atoms with van der Waals surface area (Å²) in [4.78, 5) is 0. The fourth-order valence-corrected chi connectivity index (χ4v) is 3.11. The van der Waals surface area contributed by atoms with Gasteiger partial charge in [0.25, 0.3) is 0 Å². The molecule has 20 heavy (non-hydrogen) atoms. The number of hydrogen-bond donors (Lipinski definition) is 1. The second-order valence-electron chi connectivity index (χ2n) is 7.10. The molecule has 0 heterocycles. The Bertz CT molecular complexity index is 484. The van der Waals surface area contributed by atoms with Crippen molar-refractivity contribution in [2.24, 2.45) is 5.41 Å². The molecule has 0 aliphatic heterocycles. The fraction of sp³-hybridized carbons (Fsp3) is 0.611.